The van der Waals surface area contributed by atoms with Crippen LogP contribution in [0.5, 0.6) is 5.75 Å². The molecule has 8 heteroatoms. The number of benzene rings is 2. The van der Waals surface area contributed by atoms with Crippen molar-refractivity contribution in [2.45, 2.75) is 6.54 Å². The molecule has 2 aromatic carbocycles. The van der Waals surface area contributed by atoms with Crippen LogP contribution in [0.2, 0.25) is 0 Å². The Morgan fingerprint density at radius 1 is 1.04 bits per heavy atom. The van der Waals surface area contributed by atoms with E-state index >= 15 is 0 Å². The summed E-state index contributed by atoms with van der Waals surface area (Å²) < 4.78 is 6.97. The molecule has 0 radical (unpaired) electrons. The highest BCUT2D eigenvalue weighted by atomic mass is 16.5. The first-order valence-electron chi connectivity index (χ1n) is 9.23. The van der Waals surface area contributed by atoms with E-state index < -0.39 is 0 Å². The van der Waals surface area contributed by atoms with Gasteiger partial charge in [0, 0.05) is 31.7 Å². The van der Waals surface area contributed by atoms with Crippen LogP contribution in [0.1, 0.15) is 16.2 Å². The van der Waals surface area contributed by atoms with Gasteiger partial charge < -0.3 is 9.64 Å². The summed E-state index contributed by atoms with van der Waals surface area (Å²) in [5, 5.41) is 12.1. The van der Waals surface area contributed by atoms with Crippen molar-refractivity contribution >= 4 is 5.91 Å². The molecule has 0 atom stereocenters. The summed E-state index contributed by atoms with van der Waals surface area (Å²) in [6, 6.07) is 17.1. The smallest absolute Gasteiger partial charge is 0.254 e. The van der Waals surface area contributed by atoms with Crippen LogP contribution in [0, 0.1) is 0 Å². The van der Waals surface area contributed by atoms with Crippen molar-refractivity contribution < 1.29 is 9.53 Å². The van der Waals surface area contributed by atoms with Crippen molar-refractivity contribution in [3.05, 3.63) is 66.0 Å². The molecule has 0 aliphatic carbocycles. The second-order valence-electron chi connectivity index (χ2n) is 6.64. The lowest BCUT2D eigenvalue weighted by Gasteiger charge is -2.34. The Labute approximate surface area is 163 Å². The second-order valence-corrected chi connectivity index (χ2v) is 6.64. The van der Waals surface area contributed by atoms with Crippen LogP contribution < -0.4 is 4.74 Å². The molecule has 144 valence electrons. The normalized spacial score (nSPS) is 14.8. The number of para-hydroxylation sites is 1. The average Bonchev–Trinajstić information content (AvgIpc) is 3.22. The molecule has 0 saturated carbocycles. The zero-order chi connectivity index (χ0) is 19.3. The van der Waals surface area contributed by atoms with Crippen LogP contribution in [-0.2, 0) is 6.54 Å². The number of tetrazole rings is 1. The second kappa shape index (κ2) is 8.18. The van der Waals surface area contributed by atoms with Gasteiger partial charge in [0.2, 0.25) is 0 Å². The Bertz CT molecular complexity index is 935. The molecular formula is C20H22N6O2. The third kappa shape index (κ3) is 3.86. The van der Waals surface area contributed by atoms with Crippen molar-refractivity contribution in [2.75, 3.05) is 33.3 Å². The van der Waals surface area contributed by atoms with E-state index in [1.54, 1.807) is 17.9 Å². The van der Waals surface area contributed by atoms with Crippen molar-refractivity contribution in [2.24, 2.45) is 0 Å². The number of nitrogens with zero attached hydrogens (tertiary/aromatic N) is 6. The van der Waals surface area contributed by atoms with Crippen LogP contribution in [0.25, 0.3) is 5.69 Å². The van der Waals surface area contributed by atoms with E-state index in [1.165, 1.54) is 0 Å². The monoisotopic (exact) mass is 378 g/mol. The average molecular weight is 378 g/mol. The zero-order valence-corrected chi connectivity index (χ0v) is 15.7. The summed E-state index contributed by atoms with van der Waals surface area (Å²) in [6.07, 6.45) is 0. The highest BCUT2D eigenvalue weighted by Gasteiger charge is 2.23. The molecule has 1 amide bonds. The van der Waals surface area contributed by atoms with E-state index in [1.807, 2.05) is 53.4 Å². The molecule has 1 aliphatic heterocycles. The molecule has 1 fully saturated rings. The Kier molecular flexibility index (Phi) is 5.29. The van der Waals surface area contributed by atoms with Gasteiger partial charge in [-0.05, 0) is 40.8 Å². The first-order valence-corrected chi connectivity index (χ1v) is 9.23. The molecule has 0 spiro atoms. The molecular weight excluding hydrogens is 356 g/mol. The van der Waals surface area contributed by atoms with Crippen LogP contribution in [0.15, 0.2) is 54.6 Å². The van der Waals surface area contributed by atoms with Gasteiger partial charge in [-0.2, -0.15) is 4.68 Å². The summed E-state index contributed by atoms with van der Waals surface area (Å²) in [5.74, 6) is 1.52. The predicted molar refractivity (Wildman–Crippen MR) is 103 cm³/mol. The third-order valence-corrected chi connectivity index (χ3v) is 4.88. The number of hydrogen-bond donors (Lipinski definition) is 0. The fourth-order valence-electron chi connectivity index (χ4n) is 3.32. The number of amides is 1. The molecule has 1 saturated heterocycles. The lowest BCUT2D eigenvalue weighted by Crippen LogP contribution is -2.48. The van der Waals surface area contributed by atoms with Gasteiger partial charge in [0.15, 0.2) is 5.82 Å². The number of piperazine rings is 1. The van der Waals surface area contributed by atoms with Gasteiger partial charge in [-0.3, -0.25) is 9.69 Å². The van der Waals surface area contributed by atoms with Crippen molar-refractivity contribution in [1.82, 2.24) is 30.0 Å². The SMILES string of the molecule is COc1cccc(C(=O)N2CCN(Cc3nnnn3-c3ccccc3)CC2)c1. The van der Waals surface area contributed by atoms with Crippen molar-refractivity contribution in [1.29, 1.82) is 0 Å². The number of hydrogen-bond acceptors (Lipinski definition) is 6. The van der Waals surface area contributed by atoms with Crippen LogP contribution >= 0.6 is 0 Å². The van der Waals surface area contributed by atoms with Crippen LogP contribution in [-0.4, -0.2) is 69.2 Å². The number of aromatic nitrogens is 4. The van der Waals surface area contributed by atoms with E-state index in [9.17, 15) is 4.79 Å². The molecule has 4 rings (SSSR count). The van der Waals surface area contributed by atoms with Gasteiger partial charge in [0.25, 0.3) is 5.91 Å². The molecule has 1 aromatic heterocycles. The van der Waals surface area contributed by atoms with Gasteiger partial charge in [-0.1, -0.05) is 24.3 Å². The molecule has 2 heterocycles. The van der Waals surface area contributed by atoms with Crippen LogP contribution in [0.3, 0.4) is 0 Å². The van der Waals surface area contributed by atoms with Crippen molar-refractivity contribution in [3.8, 4) is 11.4 Å². The van der Waals surface area contributed by atoms with E-state index in [0.29, 0.717) is 30.9 Å². The highest BCUT2D eigenvalue weighted by Crippen LogP contribution is 2.16. The lowest BCUT2D eigenvalue weighted by atomic mass is 10.1. The highest BCUT2D eigenvalue weighted by molar-refractivity contribution is 5.94. The number of rotatable bonds is 5. The molecule has 1 aliphatic rings. The maximum atomic E-state index is 12.7. The summed E-state index contributed by atoms with van der Waals surface area (Å²) in [4.78, 5) is 16.9. The topological polar surface area (TPSA) is 76.4 Å². The first-order chi connectivity index (χ1) is 13.7. The van der Waals surface area contributed by atoms with Gasteiger partial charge in [0.05, 0.1) is 19.3 Å². The number of carbonyl (C=O) groups excluding carboxylic acids is 1. The quantitative estimate of drug-likeness (QED) is 0.672. The molecule has 0 bridgehead atoms. The lowest BCUT2D eigenvalue weighted by molar-refractivity contribution is 0.0624. The fraction of sp³-hybridized carbons (Fsp3) is 0.300. The molecule has 28 heavy (non-hydrogen) atoms. The minimum Gasteiger partial charge on any atom is -0.497 e. The Balaban J connectivity index is 1.37. The third-order valence-electron chi connectivity index (χ3n) is 4.88. The van der Waals surface area contributed by atoms with E-state index in [2.05, 4.69) is 20.4 Å². The maximum Gasteiger partial charge on any atom is 0.254 e. The summed E-state index contributed by atoms with van der Waals surface area (Å²) >= 11 is 0. The number of ether oxygens (including phenoxy) is 1. The fourth-order valence-corrected chi connectivity index (χ4v) is 3.32. The van der Waals surface area contributed by atoms with Crippen LogP contribution in [0.4, 0.5) is 0 Å². The molecule has 8 nitrogen and oxygen atoms in total. The predicted octanol–water partition coefficient (Wildman–Crippen LogP) is 1.63. The van der Waals surface area contributed by atoms with Gasteiger partial charge in [0.1, 0.15) is 5.75 Å². The Morgan fingerprint density at radius 2 is 1.82 bits per heavy atom. The van der Waals surface area contributed by atoms with Gasteiger partial charge in [-0.15, -0.1) is 5.10 Å². The molecule has 3 aromatic rings. The maximum absolute atomic E-state index is 12.7. The summed E-state index contributed by atoms with van der Waals surface area (Å²) in [7, 11) is 1.60. The minimum atomic E-state index is 0.0349. The van der Waals surface area contributed by atoms with Gasteiger partial charge >= 0.3 is 0 Å². The molecule has 0 N–H and O–H groups in total. The number of carbonyl (C=O) groups is 1. The van der Waals surface area contributed by atoms with E-state index in [4.69, 9.17) is 4.74 Å². The zero-order valence-electron chi connectivity index (χ0n) is 15.7. The van der Waals surface area contributed by atoms with Gasteiger partial charge in [-0.25, -0.2) is 0 Å². The minimum absolute atomic E-state index is 0.0349. The largest absolute Gasteiger partial charge is 0.497 e. The summed E-state index contributed by atoms with van der Waals surface area (Å²) in [5.41, 5.74) is 1.59. The van der Waals surface area contributed by atoms with Crippen molar-refractivity contribution in [3.63, 3.8) is 0 Å². The Morgan fingerprint density at radius 3 is 2.57 bits per heavy atom. The standard InChI is InChI=1S/C20H22N6O2/c1-28-18-9-5-6-16(14-18)20(27)25-12-10-24(11-13-25)15-19-21-22-23-26(19)17-7-3-2-4-8-17/h2-9,14H,10-13,15H2,1H3. The Hall–Kier alpha value is -3.26. The summed E-state index contributed by atoms with van der Waals surface area (Å²) in [6.45, 7) is 3.53. The molecule has 0 unspecified atom stereocenters. The number of methoxy groups -OCH3 is 1. The van der Waals surface area contributed by atoms with E-state index in [0.717, 1.165) is 24.6 Å². The van der Waals surface area contributed by atoms with E-state index in [-0.39, 0.29) is 5.91 Å². The first kappa shape index (κ1) is 18.1.